The molecule has 0 unspecified atom stereocenters. The summed E-state index contributed by atoms with van der Waals surface area (Å²) in [6.45, 7) is 3.79. The van der Waals surface area contributed by atoms with Crippen LogP contribution in [0.3, 0.4) is 0 Å². The zero-order valence-corrected chi connectivity index (χ0v) is 14.5. The van der Waals surface area contributed by atoms with Crippen LogP contribution in [0.1, 0.15) is 41.1 Å². The van der Waals surface area contributed by atoms with Crippen molar-refractivity contribution >= 4 is 17.5 Å². The summed E-state index contributed by atoms with van der Waals surface area (Å²) in [5.74, 6) is 0.0389. The fraction of sp³-hybridized carbons (Fsp3) is 0.368. The molecule has 0 N–H and O–H groups in total. The van der Waals surface area contributed by atoms with Crippen LogP contribution < -0.4 is 0 Å². The molecule has 24 heavy (non-hydrogen) atoms. The second-order valence-corrected chi connectivity index (χ2v) is 6.38. The molecule has 1 aromatic heterocycles. The number of ether oxygens (including phenoxy) is 1. The first kappa shape index (κ1) is 16.9. The molecule has 1 aromatic carbocycles. The van der Waals surface area contributed by atoms with Crippen molar-refractivity contribution in [3.05, 3.63) is 64.4 Å². The molecule has 2 aromatic rings. The number of rotatable bonds is 4. The quantitative estimate of drug-likeness (QED) is 0.844. The summed E-state index contributed by atoms with van der Waals surface area (Å²) in [5.41, 5.74) is 2.70. The Balaban J connectivity index is 1.73. The number of carbonyl (C=O) groups excluding carboxylic acids is 1. The molecule has 1 fully saturated rings. The smallest absolute Gasteiger partial charge is 0.254 e. The van der Waals surface area contributed by atoms with E-state index in [0.29, 0.717) is 30.3 Å². The van der Waals surface area contributed by atoms with Crippen LogP contribution in [0.2, 0.25) is 5.02 Å². The molecular formula is C19H21ClN2O2. The first-order chi connectivity index (χ1) is 11.7. The Hall–Kier alpha value is -1.91. The molecule has 0 spiro atoms. The predicted octanol–water partition coefficient (Wildman–Crippen LogP) is 3.90. The average molecular weight is 345 g/mol. The van der Waals surface area contributed by atoms with Gasteiger partial charge in [0, 0.05) is 29.0 Å². The molecule has 0 saturated carbocycles. The summed E-state index contributed by atoms with van der Waals surface area (Å²) in [6.07, 6.45) is 3.50. The lowest BCUT2D eigenvalue weighted by Crippen LogP contribution is -2.42. The number of aryl methyl sites for hydroxylation is 1. The number of amides is 1. The zero-order valence-electron chi connectivity index (χ0n) is 13.7. The Morgan fingerprint density at radius 3 is 2.88 bits per heavy atom. The van der Waals surface area contributed by atoms with Gasteiger partial charge < -0.3 is 9.64 Å². The fourth-order valence-corrected chi connectivity index (χ4v) is 3.03. The van der Waals surface area contributed by atoms with E-state index < -0.39 is 0 Å². The number of hydrogen-bond acceptors (Lipinski definition) is 3. The lowest BCUT2D eigenvalue weighted by Gasteiger charge is -2.33. The average Bonchev–Trinajstić information content (AvgIpc) is 2.62. The van der Waals surface area contributed by atoms with Gasteiger partial charge in [-0.2, -0.15) is 0 Å². The number of halogens is 1. The largest absolute Gasteiger partial charge is 0.370 e. The molecule has 1 aliphatic rings. The standard InChI is InChI=1S/C19H21ClN2O2/c1-2-3-17-12-15(8-9-21-17)19(23)22-10-11-24-18(13-22)14-4-6-16(20)7-5-14/h4-9,12,18H,2-3,10-11,13H2,1H3/t18-/m1/s1. The van der Waals surface area contributed by atoms with E-state index in [9.17, 15) is 4.79 Å². The van der Waals surface area contributed by atoms with Gasteiger partial charge in [-0.25, -0.2) is 0 Å². The summed E-state index contributed by atoms with van der Waals surface area (Å²) in [4.78, 5) is 19.0. The van der Waals surface area contributed by atoms with Gasteiger partial charge in [-0.1, -0.05) is 37.1 Å². The maximum absolute atomic E-state index is 12.8. The molecular weight excluding hydrogens is 324 g/mol. The van der Waals surface area contributed by atoms with E-state index in [-0.39, 0.29) is 12.0 Å². The van der Waals surface area contributed by atoms with Crippen LogP contribution in [0.25, 0.3) is 0 Å². The van der Waals surface area contributed by atoms with Gasteiger partial charge in [0.25, 0.3) is 5.91 Å². The van der Waals surface area contributed by atoms with Crippen LogP contribution in [-0.4, -0.2) is 35.5 Å². The van der Waals surface area contributed by atoms with Crippen molar-refractivity contribution in [2.75, 3.05) is 19.7 Å². The predicted molar refractivity (Wildman–Crippen MR) is 94.3 cm³/mol. The van der Waals surface area contributed by atoms with Gasteiger partial charge in [0.15, 0.2) is 0 Å². The van der Waals surface area contributed by atoms with Crippen LogP contribution in [0.5, 0.6) is 0 Å². The molecule has 1 saturated heterocycles. The summed E-state index contributed by atoms with van der Waals surface area (Å²) in [7, 11) is 0. The summed E-state index contributed by atoms with van der Waals surface area (Å²) in [5, 5.41) is 0.697. The normalized spacial score (nSPS) is 17.8. The van der Waals surface area contributed by atoms with Crippen LogP contribution in [0.15, 0.2) is 42.6 Å². The number of benzene rings is 1. The molecule has 1 aliphatic heterocycles. The minimum absolute atomic E-state index is 0.0389. The third-order valence-electron chi connectivity index (χ3n) is 4.17. The molecule has 1 atom stereocenters. The van der Waals surface area contributed by atoms with Crippen LogP contribution >= 0.6 is 11.6 Å². The molecule has 0 bridgehead atoms. The number of pyridine rings is 1. The van der Waals surface area contributed by atoms with Gasteiger partial charge >= 0.3 is 0 Å². The van der Waals surface area contributed by atoms with Gasteiger partial charge in [-0.3, -0.25) is 9.78 Å². The highest BCUT2D eigenvalue weighted by molar-refractivity contribution is 6.30. The van der Waals surface area contributed by atoms with Crippen molar-refractivity contribution in [2.24, 2.45) is 0 Å². The number of hydrogen-bond donors (Lipinski definition) is 0. The van der Waals surface area contributed by atoms with Crippen molar-refractivity contribution in [2.45, 2.75) is 25.9 Å². The molecule has 0 radical (unpaired) electrons. The summed E-state index contributed by atoms with van der Waals surface area (Å²) < 4.78 is 5.83. The molecule has 5 heteroatoms. The second kappa shape index (κ2) is 7.77. The Morgan fingerprint density at radius 2 is 2.12 bits per heavy atom. The minimum Gasteiger partial charge on any atom is -0.370 e. The van der Waals surface area contributed by atoms with E-state index in [0.717, 1.165) is 24.1 Å². The Morgan fingerprint density at radius 1 is 1.33 bits per heavy atom. The number of carbonyl (C=O) groups is 1. The fourth-order valence-electron chi connectivity index (χ4n) is 2.90. The van der Waals surface area contributed by atoms with E-state index in [2.05, 4.69) is 11.9 Å². The third kappa shape index (κ3) is 3.94. The Bertz CT molecular complexity index is 703. The van der Waals surface area contributed by atoms with Crippen LogP contribution in [0, 0.1) is 0 Å². The molecule has 126 valence electrons. The molecule has 4 nitrogen and oxygen atoms in total. The summed E-state index contributed by atoms with van der Waals surface area (Å²) >= 11 is 5.94. The Labute approximate surface area is 147 Å². The van der Waals surface area contributed by atoms with Gasteiger partial charge in [0.05, 0.1) is 13.2 Å². The molecule has 2 heterocycles. The monoisotopic (exact) mass is 344 g/mol. The van der Waals surface area contributed by atoms with Crippen molar-refractivity contribution in [1.82, 2.24) is 9.88 Å². The van der Waals surface area contributed by atoms with E-state index in [1.807, 2.05) is 35.2 Å². The maximum Gasteiger partial charge on any atom is 0.254 e. The van der Waals surface area contributed by atoms with E-state index in [4.69, 9.17) is 16.3 Å². The van der Waals surface area contributed by atoms with Gasteiger partial charge in [0.2, 0.25) is 0 Å². The first-order valence-electron chi connectivity index (χ1n) is 8.28. The number of aromatic nitrogens is 1. The highest BCUT2D eigenvalue weighted by Crippen LogP contribution is 2.24. The second-order valence-electron chi connectivity index (χ2n) is 5.95. The number of nitrogens with zero attached hydrogens (tertiary/aromatic N) is 2. The summed E-state index contributed by atoms with van der Waals surface area (Å²) in [6, 6.07) is 11.3. The molecule has 1 amide bonds. The highest BCUT2D eigenvalue weighted by atomic mass is 35.5. The van der Waals surface area contributed by atoms with Crippen LogP contribution in [-0.2, 0) is 11.2 Å². The van der Waals surface area contributed by atoms with Gasteiger partial charge in [-0.15, -0.1) is 0 Å². The SMILES string of the molecule is CCCc1cc(C(=O)N2CCO[C@@H](c3ccc(Cl)cc3)C2)ccn1. The van der Waals surface area contributed by atoms with Crippen molar-refractivity contribution < 1.29 is 9.53 Å². The van der Waals surface area contributed by atoms with Crippen molar-refractivity contribution in [3.63, 3.8) is 0 Å². The lowest BCUT2D eigenvalue weighted by atomic mass is 10.1. The van der Waals surface area contributed by atoms with Gasteiger partial charge in [0.1, 0.15) is 6.10 Å². The van der Waals surface area contributed by atoms with Crippen molar-refractivity contribution in [1.29, 1.82) is 0 Å². The van der Waals surface area contributed by atoms with Crippen molar-refractivity contribution in [3.8, 4) is 0 Å². The van der Waals surface area contributed by atoms with Gasteiger partial charge in [-0.05, 0) is 36.2 Å². The molecule has 0 aliphatic carbocycles. The van der Waals surface area contributed by atoms with E-state index >= 15 is 0 Å². The van der Waals surface area contributed by atoms with Crippen LogP contribution in [0.4, 0.5) is 0 Å². The third-order valence-corrected chi connectivity index (χ3v) is 4.42. The Kier molecular flexibility index (Phi) is 5.48. The zero-order chi connectivity index (χ0) is 16.9. The maximum atomic E-state index is 12.8. The number of morpholine rings is 1. The highest BCUT2D eigenvalue weighted by Gasteiger charge is 2.26. The topological polar surface area (TPSA) is 42.4 Å². The molecule has 3 rings (SSSR count). The van der Waals surface area contributed by atoms with E-state index in [1.165, 1.54) is 0 Å². The lowest BCUT2D eigenvalue weighted by molar-refractivity contribution is -0.0228. The first-order valence-corrected chi connectivity index (χ1v) is 8.66. The minimum atomic E-state index is -0.114. The van der Waals surface area contributed by atoms with E-state index in [1.54, 1.807) is 12.3 Å².